The first-order valence-electron chi connectivity index (χ1n) is 5.19. The highest BCUT2D eigenvalue weighted by Gasteiger charge is 2.09. The van der Waals surface area contributed by atoms with Gasteiger partial charge in [0.15, 0.2) is 0 Å². The second kappa shape index (κ2) is 5.16. The molecule has 1 heterocycles. The van der Waals surface area contributed by atoms with E-state index in [9.17, 15) is 0 Å². The lowest BCUT2D eigenvalue weighted by Crippen LogP contribution is -2.06. The van der Waals surface area contributed by atoms with Gasteiger partial charge in [-0.1, -0.05) is 30.3 Å². The molecule has 0 fully saturated rings. The zero-order chi connectivity index (χ0) is 12.3. The monoisotopic (exact) mass is 247 g/mol. The van der Waals surface area contributed by atoms with Gasteiger partial charge in [-0.05, 0) is 5.56 Å². The summed E-state index contributed by atoms with van der Waals surface area (Å²) in [5, 5.41) is 9.51. The summed E-state index contributed by atoms with van der Waals surface area (Å²) in [5.41, 5.74) is 7.31. The molecule has 5 heteroatoms. The molecule has 0 saturated heterocycles. The molecule has 4 nitrogen and oxygen atoms in total. The Morgan fingerprint density at radius 3 is 2.47 bits per heavy atom. The Morgan fingerprint density at radius 2 is 1.88 bits per heavy atom. The molecular formula is C12H13N3OS. The molecule has 2 aromatic rings. The number of aromatic nitrogens is 2. The number of benzene rings is 1. The number of anilines is 1. The Labute approximate surface area is 105 Å². The second-order valence-corrected chi connectivity index (χ2v) is 4.07. The van der Waals surface area contributed by atoms with E-state index in [4.69, 9.17) is 10.8 Å². The van der Waals surface area contributed by atoms with Gasteiger partial charge in [0.25, 0.3) is 0 Å². The van der Waals surface area contributed by atoms with Crippen molar-refractivity contribution >= 4 is 18.4 Å². The Kier molecular flexibility index (Phi) is 3.61. The quantitative estimate of drug-likeness (QED) is 0.567. The predicted octanol–water partition coefficient (Wildman–Crippen LogP) is 1.43. The second-order valence-electron chi connectivity index (χ2n) is 3.65. The molecule has 3 N–H and O–H groups in total. The van der Waals surface area contributed by atoms with Gasteiger partial charge in [0.05, 0.1) is 12.2 Å². The lowest BCUT2D eigenvalue weighted by Gasteiger charge is -2.07. The Hall–Kier alpha value is -1.59. The molecule has 1 aromatic heterocycles. The van der Waals surface area contributed by atoms with Gasteiger partial charge < -0.3 is 10.8 Å². The Morgan fingerprint density at radius 1 is 1.18 bits per heavy atom. The van der Waals surface area contributed by atoms with Gasteiger partial charge in [0.2, 0.25) is 0 Å². The molecule has 0 aliphatic carbocycles. The van der Waals surface area contributed by atoms with E-state index < -0.39 is 0 Å². The van der Waals surface area contributed by atoms with Crippen molar-refractivity contribution in [3.05, 3.63) is 47.3 Å². The van der Waals surface area contributed by atoms with Crippen LogP contribution in [0.1, 0.15) is 17.0 Å². The molecule has 0 aliphatic rings. The van der Waals surface area contributed by atoms with Gasteiger partial charge in [-0.15, -0.1) is 12.6 Å². The van der Waals surface area contributed by atoms with Crippen molar-refractivity contribution in [2.45, 2.75) is 18.1 Å². The maximum atomic E-state index is 9.07. The van der Waals surface area contributed by atoms with Crippen molar-refractivity contribution in [3.8, 4) is 0 Å². The van der Waals surface area contributed by atoms with E-state index in [0.717, 1.165) is 5.56 Å². The lowest BCUT2D eigenvalue weighted by molar-refractivity contribution is 0.278. The SMILES string of the molecule is Nc1nc(Cc2ccccc2)nc(S)c1CO. The summed E-state index contributed by atoms with van der Waals surface area (Å²) >= 11 is 4.19. The van der Waals surface area contributed by atoms with Gasteiger partial charge in [-0.3, -0.25) is 0 Å². The molecule has 0 atom stereocenters. The van der Waals surface area contributed by atoms with Crippen molar-refractivity contribution < 1.29 is 5.11 Å². The number of thiol groups is 1. The van der Waals surface area contributed by atoms with Crippen LogP contribution in [0.25, 0.3) is 0 Å². The van der Waals surface area contributed by atoms with E-state index in [1.807, 2.05) is 30.3 Å². The van der Waals surface area contributed by atoms with Crippen molar-refractivity contribution in [1.29, 1.82) is 0 Å². The van der Waals surface area contributed by atoms with Crippen LogP contribution < -0.4 is 5.73 Å². The fourth-order valence-electron chi connectivity index (χ4n) is 1.54. The summed E-state index contributed by atoms with van der Waals surface area (Å²) < 4.78 is 0. The summed E-state index contributed by atoms with van der Waals surface area (Å²) in [7, 11) is 0. The van der Waals surface area contributed by atoms with Crippen LogP contribution in [0, 0.1) is 0 Å². The first kappa shape index (κ1) is 11.9. The van der Waals surface area contributed by atoms with Crippen molar-refractivity contribution in [2.24, 2.45) is 0 Å². The van der Waals surface area contributed by atoms with Crippen molar-refractivity contribution in [2.75, 3.05) is 5.73 Å². The molecular weight excluding hydrogens is 234 g/mol. The number of aliphatic hydroxyl groups excluding tert-OH is 1. The minimum atomic E-state index is -0.198. The van der Waals surface area contributed by atoms with Crippen molar-refractivity contribution in [1.82, 2.24) is 9.97 Å². The number of rotatable bonds is 3. The topological polar surface area (TPSA) is 72.0 Å². The van der Waals surface area contributed by atoms with Crippen LogP contribution in [-0.4, -0.2) is 15.1 Å². The van der Waals surface area contributed by atoms with E-state index >= 15 is 0 Å². The predicted molar refractivity (Wildman–Crippen MR) is 68.9 cm³/mol. The van der Waals surface area contributed by atoms with Crippen molar-refractivity contribution in [3.63, 3.8) is 0 Å². The lowest BCUT2D eigenvalue weighted by atomic mass is 10.1. The zero-order valence-electron chi connectivity index (χ0n) is 9.17. The van der Waals surface area contributed by atoms with Crippen LogP contribution >= 0.6 is 12.6 Å². The zero-order valence-corrected chi connectivity index (χ0v) is 10.1. The van der Waals surface area contributed by atoms with E-state index in [-0.39, 0.29) is 6.61 Å². The highest BCUT2D eigenvalue weighted by molar-refractivity contribution is 7.80. The highest BCUT2D eigenvalue weighted by Crippen LogP contribution is 2.18. The summed E-state index contributed by atoms with van der Waals surface area (Å²) in [6, 6.07) is 9.87. The van der Waals surface area contributed by atoms with Crippen LogP contribution in [-0.2, 0) is 13.0 Å². The third kappa shape index (κ3) is 2.75. The third-order valence-corrected chi connectivity index (χ3v) is 2.80. The van der Waals surface area contributed by atoms with Crippen LogP contribution in [0.5, 0.6) is 0 Å². The molecule has 0 spiro atoms. The Balaban J connectivity index is 2.29. The number of hydrogen-bond acceptors (Lipinski definition) is 5. The highest BCUT2D eigenvalue weighted by atomic mass is 32.1. The molecule has 0 saturated carbocycles. The molecule has 1 aromatic carbocycles. The number of aliphatic hydroxyl groups is 1. The fraction of sp³-hybridized carbons (Fsp3) is 0.167. The first-order chi connectivity index (χ1) is 8.20. The summed E-state index contributed by atoms with van der Waals surface area (Å²) in [4.78, 5) is 8.37. The van der Waals surface area contributed by atoms with Gasteiger partial charge in [-0.25, -0.2) is 9.97 Å². The average Bonchev–Trinajstić information content (AvgIpc) is 2.30. The summed E-state index contributed by atoms with van der Waals surface area (Å²) in [6.45, 7) is -0.198. The number of nitrogen functional groups attached to an aromatic ring is 1. The Bertz CT molecular complexity index is 493. The van der Waals surface area contributed by atoms with Crippen LogP contribution in [0.15, 0.2) is 35.4 Å². The summed E-state index contributed by atoms with van der Waals surface area (Å²) in [5.74, 6) is 0.898. The average molecular weight is 247 g/mol. The first-order valence-corrected chi connectivity index (χ1v) is 5.64. The minimum absolute atomic E-state index is 0.198. The van der Waals surface area contributed by atoms with E-state index in [1.165, 1.54) is 0 Å². The number of nitrogens with zero attached hydrogens (tertiary/aromatic N) is 2. The normalized spacial score (nSPS) is 10.5. The van der Waals surface area contributed by atoms with Gasteiger partial charge in [-0.2, -0.15) is 0 Å². The van der Waals surface area contributed by atoms with E-state index in [2.05, 4.69) is 22.6 Å². The van der Waals surface area contributed by atoms with Gasteiger partial charge >= 0.3 is 0 Å². The molecule has 2 rings (SSSR count). The third-order valence-electron chi connectivity index (χ3n) is 2.43. The largest absolute Gasteiger partial charge is 0.391 e. The minimum Gasteiger partial charge on any atom is -0.391 e. The molecule has 17 heavy (non-hydrogen) atoms. The van der Waals surface area contributed by atoms with Crippen LogP contribution in [0.2, 0.25) is 0 Å². The summed E-state index contributed by atoms with van der Waals surface area (Å²) in [6.07, 6.45) is 0.601. The standard InChI is InChI=1S/C12H13N3OS/c13-11-9(7-16)12(17)15-10(14-11)6-8-4-2-1-3-5-8/h1-5,16H,6-7H2,(H3,13,14,15,17). The van der Waals surface area contributed by atoms with Gasteiger partial charge in [0, 0.05) is 6.42 Å². The molecule has 0 aliphatic heterocycles. The van der Waals surface area contributed by atoms with Crippen LogP contribution in [0.3, 0.4) is 0 Å². The van der Waals surface area contributed by atoms with E-state index in [1.54, 1.807) is 0 Å². The van der Waals surface area contributed by atoms with Crippen LogP contribution in [0.4, 0.5) is 5.82 Å². The molecule has 0 unspecified atom stereocenters. The molecule has 0 amide bonds. The number of nitrogens with two attached hydrogens (primary N) is 1. The van der Waals surface area contributed by atoms with Gasteiger partial charge in [0.1, 0.15) is 16.7 Å². The maximum absolute atomic E-state index is 9.07. The molecule has 0 bridgehead atoms. The fourth-order valence-corrected chi connectivity index (χ4v) is 1.85. The van der Waals surface area contributed by atoms with E-state index in [0.29, 0.717) is 28.7 Å². The molecule has 88 valence electrons. The maximum Gasteiger partial charge on any atom is 0.136 e. The number of hydrogen-bond donors (Lipinski definition) is 3. The smallest absolute Gasteiger partial charge is 0.136 e. The molecule has 0 radical (unpaired) electrons.